The van der Waals surface area contributed by atoms with E-state index in [-0.39, 0.29) is 28.2 Å². The smallest absolute Gasteiger partial charge is 0.294 e. The summed E-state index contributed by atoms with van der Waals surface area (Å²) in [7, 11) is -3.36. The van der Waals surface area contributed by atoms with Gasteiger partial charge >= 0.3 is 0 Å². The Morgan fingerprint density at radius 2 is 1.96 bits per heavy atom. The predicted molar refractivity (Wildman–Crippen MR) is 102 cm³/mol. The SMILES string of the molecule is CCn1c(=O)c(NCc2ccc(S(C)(=O)=O)nc2)nc2c(C)nc(Cl)nc21. The van der Waals surface area contributed by atoms with Crippen molar-refractivity contribution in [2.24, 2.45) is 0 Å². The lowest BCUT2D eigenvalue weighted by molar-refractivity contribution is 0.598. The fourth-order valence-corrected chi connectivity index (χ4v) is 3.32. The second-order valence-electron chi connectivity index (χ2n) is 5.89. The molecule has 0 radical (unpaired) electrons. The molecule has 3 aromatic rings. The van der Waals surface area contributed by atoms with Gasteiger partial charge in [-0.25, -0.2) is 23.4 Å². The lowest BCUT2D eigenvalue weighted by Gasteiger charge is -2.12. The second-order valence-corrected chi connectivity index (χ2v) is 8.19. The maximum absolute atomic E-state index is 12.7. The molecule has 142 valence electrons. The van der Waals surface area contributed by atoms with Crippen LogP contribution in [0.1, 0.15) is 18.2 Å². The molecule has 3 heterocycles. The molecule has 0 aromatic carbocycles. The fourth-order valence-electron chi connectivity index (χ4n) is 2.55. The van der Waals surface area contributed by atoms with E-state index in [0.29, 0.717) is 29.0 Å². The highest BCUT2D eigenvalue weighted by Crippen LogP contribution is 2.16. The number of sulfone groups is 1. The largest absolute Gasteiger partial charge is 0.361 e. The van der Waals surface area contributed by atoms with E-state index in [9.17, 15) is 13.2 Å². The van der Waals surface area contributed by atoms with Gasteiger partial charge in [0.2, 0.25) is 5.28 Å². The van der Waals surface area contributed by atoms with Crippen LogP contribution in [0.5, 0.6) is 0 Å². The number of hydrogen-bond donors (Lipinski definition) is 1. The summed E-state index contributed by atoms with van der Waals surface area (Å²) in [6.07, 6.45) is 2.53. The number of halogens is 1. The van der Waals surface area contributed by atoms with Gasteiger partial charge in [-0.2, -0.15) is 4.98 Å². The Hall–Kier alpha value is -2.59. The lowest BCUT2D eigenvalue weighted by Crippen LogP contribution is -2.26. The number of nitrogens with zero attached hydrogens (tertiary/aromatic N) is 5. The van der Waals surface area contributed by atoms with E-state index < -0.39 is 9.84 Å². The molecule has 0 amide bonds. The molecule has 0 fully saturated rings. The number of aromatic nitrogens is 5. The number of nitrogens with one attached hydrogen (secondary N) is 1. The van der Waals surface area contributed by atoms with Gasteiger partial charge < -0.3 is 5.32 Å². The molecular formula is C16H17ClN6O3S. The third-order valence-corrected chi connectivity index (χ3v) is 5.06. The Kier molecular flexibility index (Phi) is 5.11. The van der Waals surface area contributed by atoms with Crippen LogP contribution >= 0.6 is 11.6 Å². The van der Waals surface area contributed by atoms with Crippen molar-refractivity contribution in [3.63, 3.8) is 0 Å². The Morgan fingerprint density at radius 3 is 2.56 bits per heavy atom. The molecule has 3 rings (SSSR count). The first-order chi connectivity index (χ1) is 12.7. The van der Waals surface area contributed by atoms with Gasteiger partial charge in [0.1, 0.15) is 5.52 Å². The van der Waals surface area contributed by atoms with Crippen LogP contribution in [-0.2, 0) is 22.9 Å². The zero-order valence-corrected chi connectivity index (χ0v) is 16.5. The standard InChI is InChI=1S/C16H17ClN6O3S/c1-4-23-14-12(9(2)20-16(17)22-14)21-13(15(23)24)19-8-10-5-6-11(18-7-10)27(3,25)26/h5-7H,4,8H2,1-3H3,(H,19,21). The first-order valence-corrected chi connectivity index (χ1v) is 10.3. The van der Waals surface area contributed by atoms with Crippen molar-refractivity contribution >= 4 is 38.4 Å². The molecule has 0 saturated carbocycles. The zero-order valence-electron chi connectivity index (χ0n) is 14.9. The van der Waals surface area contributed by atoms with Gasteiger partial charge in [0.05, 0.1) is 5.69 Å². The summed E-state index contributed by atoms with van der Waals surface area (Å²) in [6, 6.07) is 3.05. The minimum Gasteiger partial charge on any atom is -0.361 e. The van der Waals surface area contributed by atoms with Gasteiger partial charge in [-0.1, -0.05) is 6.07 Å². The van der Waals surface area contributed by atoms with Crippen LogP contribution in [0.25, 0.3) is 11.2 Å². The highest BCUT2D eigenvalue weighted by atomic mass is 35.5. The minimum absolute atomic E-state index is 0.00642. The van der Waals surface area contributed by atoms with Crippen LogP contribution < -0.4 is 10.9 Å². The zero-order chi connectivity index (χ0) is 19.8. The molecule has 9 nitrogen and oxygen atoms in total. The summed E-state index contributed by atoms with van der Waals surface area (Å²) in [5, 5.41) is 3.02. The van der Waals surface area contributed by atoms with Crippen molar-refractivity contribution in [2.75, 3.05) is 11.6 Å². The molecule has 0 atom stereocenters. The average molecular weight is 409 g/mol. The van der Waals surface area contributed by atoms with E-state index in [1.807, 2.05) is 6.92 Å². The highest BCUT2D eigenvalue weighted by molar-refractivity contribution is 7.90. The van der Waals surface area contributed by atoms with Crippen molar-refractivity contribution < 1.29 is 8.42 Å². The second kappa shape index (κ2) is 7.20. The maximum atomic E-state index is 12.7. The molecule has 0 aliphatic rings. The van der Waals surface area contributed by atoms with Crippen LogP contribution in [0.3, 0.4) is 0 Å². The van der Waals surface area contributed by atoms with Crippen molar-refractivity contribution in [3.05, 3.63) is 45.2 Å². The van der Waals surface area contributed by atoms with Crippen molar-refractivity contribution in [1.29, 1.82) is 0 Å². The molecule has 0 spiro atoms. The molecule has 3 aromatic heterocycles. The third-order valence-electron chi connectivity index (χ3n) is 3.89. The first kappa shape index (κ1) is 19.2. The van der Waals surface area contributed by atoms with Crippen LogP contribution in [-0.4, -0.2) is 39.2 Å². The fraction of sp³-hybridized carbons (Fsp3) is 0.312. The van der Waals surface area contributed by atoms with Gasteiger partial charge in [0.25, 0.3) is 5.56 Å². The number of rotatable bonds is 5. The van der Waals surface area contributed by atoms with E-state index in [1.54, 1.807) is 13.0 Å². The average Bonchev–Trinajstić information content (AvgIpc) is 2.60. The third kappa shape index (κ3) is 3.91. The Labute approximate surface area is 160 Å². The summed E-state index contributed by atoms with van der Waals surface area (Å²) >= 11 is 5.90. The van der Waals surface area contributed by atoms with Crippen molar-refractivity contribution in [3.8, 4) is 0 Å². The number of pyridine rings is 1. The van der Waals surface area contributed by atoms with E-state index in [1.165, 1.54) is 16.8 Å². The number of fused-ring (bicyclic) bond motifs is 1. The van der Waals surface area contributed by atoms with Gasteiger partial charge in [-0.15, -0.1) is 0 Å². The number of anilines is 1. The molecule has 1 N–H and O–H groups in total. The normalized spacial score (nSPS) is 11.7. The van der Waals surface area contributed by atoms with E-state index >= 15 is 0 Å². The molecule has 0 aliphatic carbocycles. The Balaban J connectivity index is 1.95. The van der Waals surface area contributed by atoms with Gasteiger partial charge in [-0.3, -0.25) is 9.36 Å². The topological polar surface area (TPSA) is 120 Å². The van der Waals surface area contributed by atoms with Crippen molar-refractivity contribution in [2.45, 2.75) is 32.0 Å². The summed E-state index contributed by atoms with van der Waals surface area (Å²) in [4.78, 5) is 29.2. The molecule has 27 heavy (non-hydrogen) atoms. The summed E-state index contributed by atoms with van der Waals surface area (Å²) in [6.45, 7) is 4.21. The Morgan fingerprint density at radius 1 is 1.22 bits per heavy atom. The lowest BCUT2D eigenvalue weighted by atomic mass is 10.3. The van der Waals surface area contributed by atoms with Gasteiger partial charge in [0.15, 0.2) is 26.3 Å². The Bertz CT molecular complexity index is 1180. The monoisotopic (exact) mass is 408 g/mol. The number of hydrogen-bond acceptors (Lipinski definition) is 8. The summed E-state index contributed by atoms with van der Waals surface area (Å²) in [5.74, 6) is 0.144. The maximum Gasteiger partial charge on any atom is 0.294 e. The highest BCUT2D eigenvalue weighted by Gasteiger charge is 2.15. The van der Waals surface area contributed by atoms with E-state index in [2.05, 4.69) is 25.3 Å². The predicted octanol–water partition coefficient (Wildman–Crippen LogP) is 1.58. The number of aryl methyl sites for hydroxylation is 2. The molecule has 0 unspecified atom stereocenters. The quantitative estimate of drug-likeness (QED) is 0.632. The molecule has 11 heteroatoms. The minimum atomic E-state index is -3.36. The van der Waals surface area contributed by atoms with E-state index in [4.69, 9.17) is 11.6 Å². The molecule has 0 aliphatic heterocycles. The van der Waals surface area contributed by atoms with Crippen molar-refractivity contribution in [1.82, 2.24) is 24.5 Å². The van der Waals surface area contributed by atoms with Gasteiger partial charge in [0, 0.05) is 25.5 Å². The van der Waals surface area contributed by atoms with Crippen LogP contribution in [0.4, 0.5) is 5.82 Å². The molecular weight excluding hydrogens is 392 g/mol. The summed E-state index contributed by atoms with van der Waals surface area (Å²) < 4.78 is 24.4. The first-order valence-electron chi connectivity index (χ1n) is 8.04. The molecule has 0 saturated heterocycles. The van der Waals surface area contributed by atoms with Gasteiger partial charge in [-0.05, 0) is 37.1 Å². The molecule has 0 bridgehead atoms. The van der Waals surface area contributed by atoms with Crippen LogP contribution in [0, 0.1) is 6.92 Å². The van der Waals surface area contributed by atoms with Crippen LogP contribution in [0.15, 0.2) is 28.2 Å². The summed E-state index contributed by atoms with van der Waals surface area (Å²) in [5.41, 5.74) is 1.80. The van der Waals surface area contributed by atoms with E-state index in [0.717, 1.165) is 6.26 Å². The van der Waals surface area contributed by atoms with Crippen LogP contribution in [0.2, 0.25) is 5.28 Å².